The molecule has 1 aliphatic heterocycles. The molecule has 72 valence electrons. The molecule has 0 aliphatic carbocycles. The van der Waals surface area contributed by atoms with Crippen LogP contribution in [0.25, 0.3) is 0 Å². The Morgan fingerprint density at radius 3 is 2.17 bits per heavy atom. The number of likely N-dealkylation sites (tertiary alicyclic amines) is 1. The molecule has 0 amide bonds. The number of rotatable bonds is 1. The second-order valence-corrected chi connectivity index (χ2v) is 3.13. The van der Waals surface area contributed by atoms with Crippen LogP contribution in [-0.4, -0.2) is 35.6 Å². The molecule has 1 saturated heterocycles. The quantitative estimate of drug-likeness (QED) is 0.652. The number of likely N-dealkylation sites (N-methyl/N-ethyl adjacent to an activating group) is 1. The van der Waals surface area contributed by atoms with Gasteiger partial charge >= 0.3 is 5.97 Å². The number of carboxylic acid groups (broad SMARTS) is 1. The summed E-state index contributed by atoms with van der Waals surface area (Å²) in [5.74, 6) is -0.155. The predicted octanol–water partition coefficient (Wildman–Crippen LogP) is 1.44. The predicted molar refractivity (Wildman–Crippen MR) is 49.2 cm³/mol. The standard InChI is InChI=1S/C7H13NO2.C2H6/c1-5-3-6(7(9)10)8(2)4-5;1-2/h5-6H,3-4H2,1-2H3,(H,9,10);1-2H3. The van der Waals surface area contributed by atoms with E-state index in [4.69, 9.17) is 5.11 Å². The number of hydrogen-bond donors (Lipinski definition) is 1. The molecule has 0 saturated carbocycles. The van der Waals surface area contributed by atoms with Crippen molar-refractivity contribution in [3.8, 4) is 0 Å². The molecule has 0 aromatic rings. The first-order chi connectivity index (χ1) is 5.61. The fourth-order valence-electron chi connectivity index (χ4n) is 1.54. The van der Waals surface area contributed by atoms with Gasteiger partial charge in [-0.1, -0.05) is 20.8 Å². The molecule has 0 aromatic carbocycles. The Morgan fingerprint density at radius 2 is 2.00 bits per heavy atom. The van der Waals surface area contributed by atoms with E-state index >= 15 is 0 Å². The topological polar surface area (TPSA) is 40.5 Å². The highest BCUT2D eigenvalue weighted by Crippen LogP contribution is 2.20. The third kappa shape index (κ3) is 2.81. The van der Waals surface area contributed by atoms with E-state index in [0.717, 1.165) is 13.0 Å². The van der Waals surface area contributed by atoms with Gasteiger partial charge in [-0.15, -0.1) is 0 Å². The maximum Gasteiger partial charge on any atom is 0.320 e. The van der Waals surface area contributed by atoms with Gasteiger partial charge in [0, 0.05) is 6.54 Å². The van der Waals surface area contributed by atoms with Gasteiger partial charge in [0.15, 0.2) is 0 Å². The summed E-state index contributed by atoms with van der Waals surface area (Å²) in [6.45, 7) is 7.00. The van der Waals surface area contributed by atoms with E-state index in [-0.39, 0.29) is 6.04 Å². The summed E-state index contributed by atoms with van der Waals surface area (Å²) < 4.78 is 0. The molecular formula is C9H19NO2. The van der Waals surface area contributed by atoms with Crippen LogP contribution >= 0.6 is 0 Å². The van der Waals surface area contributed by atoms with Crippen molar-refractivity contribution >= 4 is 5.97 Å². The Bertz CT molecular complexity index is 147. The molecule has 0 aromatic heterocycles. The van der Waals surface area contributed by atoms with E-state index < -0.39 is 5.97 Å². The first-order valence-electron chi connectivity index (χ1n) is 4.54. The minimum absolute atomic E-state index is 0.241. The number of carboxylic acids is 1. The van der Waals surface area contributed by atoms with Gasteiger partial charge in [0.2, 0.25) is 0 Å². The first-order valence-corrected chi connectivity index (χ1v) is 4.54. The maximum absolute atomic E-state index is 10.5. The SMILES string of the molecule is CC.CC1CC(C(=O)O)N(C)C1. The molecule has 3 nitrogen and oxygen atoms in total. The molecule has 0 spiro atoms. The Kier molecular flexibility index (Phi) is 4.90. The summed E-state index contributed by atoms with van der Waals surface area (Å²) in [6.07, 6.45) is 0.797. The lowest BCUT2D eigenvalue weighted by Gasteiger charge is -2.13. The third-order valence-electron chi connectivity index (χ3n) is 2.04. The van der Waals surface area contributed by atoms with Crippen molar-refractivity contribution in [3.05, 3.63) is 0 Å². The molecular weight excluding hydrogens is 154 g/mol. The van der Waals surface area contributed by atoms with Crippen molar-refractivity contribution in [2.75, 3.05) is 13.6 Å². The Balaban J connectivity index is 0.000000561. The van der Waals surface area contributed by atoms with Gasteiger partial charge in [0.1, 0.15) is 6.04 Å². The second-order valence-electron chi connectivity index (χ2n) is 3.13. The molecule has 2 unspecified atom stereocenters. The summed E-state index contributed by atoms with van der Waals surface area (Å²) >= 11 is 0. The molecule has 1 N–H and O–H groups in total. The zero-order chi connectivity index (χ0) is 9.72. The van der Waals surface area contributed by atoms with Crippen molar-refractivity contribution in [2.24, 2.45) is 5.92 Å². The maximum atomic E-state index is 10.5. The van der Waals surface area contributed by atoms with Crippen LogP contribution in [0.3, 0.4) is 0 Å². The molecule has 1 rings (SSSR count). The van der Waals surface area contributed by atoms with Gasteiger partial charge in [0.25, 0.3) is 0 Å². The van der Waals surface area contributed by atoms with Crippen LogP contribution in [0.1, 0.15) is 27.2 Å². The number of aliphatic carboxylic acids is 1. The molecule has 1 fully saturated rings. The molecule has 2 atom stereocenters. The van der Waals surface area contributed by atoms with E-state index in [0.29, 0.717) is 5.92 Å². The molecule has 3 heteroatoms. The van der Waals surface area contributed by atoms with E-state index in [1.54, 1.807) is 0 Å². The number of hydrogen-bond acceptors (Lipinski definition) is 2. The van der Waals surface area contributed by atoms with Crippen LogP contribution in [0.15, 0.2) is 0 Å². The van der Waals surface area contributed by atoms with Crippen molar-refractivity contribution in [3.63, 3.8) is 0 Å². The van der Waals surface area contributed by atoms with Crippen molar-refractivity contribution in [2.45, 2.75) is 33.2 Å². The van der Waals surface area contributed by atoms with Crippen molar-refractivity contribution < 1.29 is 9.90 Å². The third-order valence-corrected chi connectivity index (χ3v) is 2.04. The average molecular weight is 173 g/mol. The van der Waals surface area contributed by atoms with Crippen LogP contribution in [0, 0.1) is 5.92 Å². The van der Waals surface area contributed by atoms with Crippen LogP contribution in [0.2, 0.25) is 0 Å². The van der Waals surface area contributed by atoms with E-state index in [9.17, 15) is 4.79 Å². The number of carbonyl (C=O) groups is 1. The van der Waals surface area contributed by atoms with Gasteiger partial charge in [-0.2, -0.15) is 0 Å². The lowest BCUT2D eigenvalue weighted by Crippen LogP contribution is -2.32. The molecule has 0 bridgehead atoms. The normalized spacial score (nSPS) is 29.3. The average Bonchev–Trinajstić information content (AvgIpc) is 2.34. The van der Waals surface area contributed by atoms with Gasteiger partial charge in [0.05, 0.1) is 0 Å². The smallest absolute Gasteiger partial charge is 0.320 e. The van der Waals surface area contributed by atoms with E-state index in [1.165, 1.54) is 0 Å². The van der Waals surface area contributed by atoms with Crippen LogP contribution in [-0.2, 0) is 4.79 Å². The van der Waals surface area contributed by atoms with E-state index in [2.05, 4.69) is 6.92 Å². The minimum Gasteiger partial charge on any atom is -0.480 e. The highest BCUT2D eigenvalue weighted by Gasteiger charge is 2.31. The zero-order valence-electron chi connectivity index (χ0n) is 8.37. The fraction of sp³-hybridized carbons (Fsp3) is 0.889. The zero-order valence-corrected chi connectivity index (χ0v) is 8.37. The second kappa shape index (κ2) is 5.14. The largest absolute Gasteiger partial charge is 0.480 e. The summed E-state index contributed by atoms with van der Waals surface area (Å²) in [5.41, 5.74) is 0. The Morgan fingerprint density at radius 1 is 1.50 bits per heavy atom. The van der Waals surface area contributed by atoms with Crippen LogP contribution < -0.4 is 0 Å². The van der Waals surface area contributed by atoms with Gasteiger partial charge in [-0.25, -0.2) is 0 Å². The molecule has 1 aliphatic rings. The van der Waals surface area contributed by atoms with Gasteiger partial charge in [-0.05, 0) is 19.4 Å². The van der Waals surface area contributed by atoms with Crippen LogP contribution in [0.5, 0.6) is 0 Å². The van der Waals surface area contributed by atoms with Crippen LogP contribution in [0.4, 0.5) is 0 Å². The fourth-order valence-corrected chi connectivity index (χ4v) is 1.54. The molecule has 12 heavy (non-hydrogen) atoms. The Labute approximate surface area is 74.4 Å². The van der Waals surface area contributed by atoms with Gasteiger partial charge in [-0.3, -0.25) is 9.69 Å². The minimum atomic E-state index is -0.688. The highest BCUT2D eigenvalue weighted by molar-refractivity contribution is 5.73. The summed E-state index contributed by atoms with van der Waals surface area (Å²) in [4.78, 5) is 12.4. The summed E-state index contributed by atoms with van der Waals surface area (Å²) in [5, 5.41) is 8.66. The number of nitrogens with zero attached hydrogens (tertiary/aromatic N) is 1. The lowest BCUT2D eigenvalue weighted by molar-refractivity contribution is -0.141. The first kappa shape index (κ1) is 11.4. The highest BCUT2D eigenvalue weighted by atomic mass is 16.4. The van der Waals surface area contributed by atoms with Crippen molar-refractivity contribution in [1.29, 1.82) is 0 Å². The Hall–Kier alpha value is -0.570. The monoisotopic (exact) mass is 173 g/mol. The van der Waals surface area contributed by atoms with E-state index in [1.807, 2.05) is 25.8 Å². The molecule has 1 heterocycles. The summed E-state index contributed by atoms with van der Waals surface area (Å²) in [6, 6.07) is -0.241. The lowest BCUT2D eigenvalue weighted by atomic mass is 10.1. The van der Waals surface area contributed by atoms with Crippen molar-refractivity contribution in [1.82, 2.24) is 4.90 Å². The van der Waals surface area contributed by atoms with Gasteiger partial charge < -0.3 is 5.11 Å². The molecule has 0 radical (unpaired) electrons. The summed E-state index contributed by atoms with van der Waals surface area (Å²) in [7, 11) is 1.86.